The number of hydrogen-bond acceptors (Lipinski definition) is 2. The zero-order valence-electron chi connectivity index (χ0n) is 12.4. The summed E-state index contributed by atoms with van der Waals surface area (Å²) in [6.45, 7) is 1.98. The van der Waals surface area contributed by atoms with E-state index in [4.69, 9.17) is 0 Å². The topological polar surface area (TPSA) is 40.5 Å². The number of aromatic hydroxyl groups is 2. The lowest BCUT2D eigenvalue weighted by molar-refractivity contribution is 0.458. The molecular formula is C20H18O2. The molecule has 0 aliphatic carbocycles. The van der Waals surface area contributed by atoms with Gasteiger partial charge in [-0.15, -0.1) is 0 Å². The number of phenols is 2. The standard InChI is InChI=1S/C20H18O2/c1-14-8-7-13-18(22)19(14)20(15-9-3-2-4-10-15)16-11-5-6-12-17(16)21/h2-13,20-22H,1H3. The SMILES string of the molecule is Cc1cccc(O)c1C(c1ccccc1)c1ccccc1O. The fourth-order valence-corrected chi connectivity index (χ4v) is 2.92. The lowest BCUT2D eigenvalue weighted by atomic mass is 9.82. The smallest absolute Gasteiger partial charge is 0.119 e. The first-order chi connectivity index (χ1) is 10.7. The molecule has 0 amide bonds. The van der Waals surface area contributed by atoms with Crippen molar-refractivity contribution in [2.75, 3.05) is 0 Å². The number of para-hydroxylation sites is 1. The van der Waals surface area contributed by atoms with Crippen LogP contribution in [-0.2, 0) is 0 Å². The molecule has 3 aromatic carbocycles. The zero-order valence-corrected chi connectivity index (χ0v) is 12.4. The van der Waals surface area contributed by atoms with Crippen LogP contribution in [0.15, 0.2) is 72.8 Å². The van der Waals surface area contributed by atoms with E-state index in [-0.39, 0.29) is 17.4 Å². The van der Waals surface area contributed by atoms with Crippen molar-refractivity contribution in [3.05, 3.63) is 95.1 Å². The molecule has 3 aromatic rings. The molecule has 3 rings (SSSR count). The van der Waals surface area contributed by atoms with Gasteiger partial charge in [-0.3, -0.25) is 0 Å². The first-order valence-electron chi connectivity index (χ1n) is 7.30. The molecule has 2 heteroatoms. The summed E-state index contributed by atoms with van der Waals surface area (Å²) in [5.41, 5.74) is 3.65. The van der Waals surface area contributed by atoms with Gasteiger partial charge in [-0.05, 0) is 30.2 Å². The normalized spacial score (nSPS) is 12.0. The van der Waals surface area contributed by atoms with Crippen LogP contribution in [0.2, 0.25) is 0 Å². The van der Waals surface area contributed by atoms with E-state index >= 15 is 0 Å². The van der Waals surface area contributed by atoms with Crippen LogP contribution in [0.3, 0.4) is 0 Å². The van der Waals surface area contributed by atoms with Crippen molar-refractivity contribution in [2.45, 2.75) is 12.8 Å². The van der Waals surface area contributed by atoms with Crippen molar-refractivity contribution < 1.29 is 10.2 Å². The van der Waals surface area contributed by atoms with E-state index in [9.17, 15) is 10.2 Å². The second kappa shape index (κ2) is 5.94. The first kappa shape index (κ1) is 14.2. The van der Waals surface area contributed by atoms with E-state index in [0.717, 1.165) is 22.3 Å². The van der Waals surface area contributed by atoms with Crippen LogP contribution in [-0.4, -0.2) is 10.2 Å². The molecule has 0 aliphatic heterocycles. The Hall–Kier alpha value is -2.74. The fourth-order valence-electron chi connectivity index (χ4n) is 2.92. The average molecular weight is 290 g/mol. The van der Waals surface area contributed by atoms with Gasteiger partial charge in [0, 0.05) is 17.0 Å². The van der Waals surface area contributed by atoms with Gasteiger partial charge in [0.2, 0.25) is 0 Å². The number of benzene rings is 3. The zero-order chi connectivity index (χ0) is 15.5. The molecule has 0 saturated heterocycles. The van der Waals surface area contributed by atoms with Gasteiger partial charge in [-0.2, -0.15) is 0 Å². The van der Waals surface area contributed by atoms with Crippen LogP contribution in [0.1, 0.15) is 28.2 Å². The van der Waals surface area contributed by atoms with E-state index in [1.165, 1.54) is 0 Å². The molecule has 0 fully saturated rings. The number of rotatable bonds is 3. The third-order valence-electron chi connectivity index (χ3n) is 3.97. The van der Waals surface area contributed by atoms with Gasteiger partial charge in [0.15, 0.2) is 0 Å². The Kier molecular flexibility index (Phi) is 3.84. The van der Waals surface area contributed by atoms with Crippen LogP contribution >= 0.6 is 0 Å². The molecule has 1 atom stereocenters. The largest absolute Gasteiger partial charge is 0.508 e. The minimum atomic E-state index is -0.205. The van der Waals surface area contributed by atoms with E-state index in [2.05, 4.69) is 0 Å². The summed E-state index contributed by atoms with van der Waals surface area (Å²) in [7, 11) is 0. The van der Waals surface area contributed by atoms with Crippen LogP contribution in [0.25, 0.3) is 0 Å². The van der Waals surface area contributed by atoms with E-state index in [0.29, 0.717) is 0 Å². The number of aryl methyl sites for hydroxylation is 1. The third kappa shape index (κ3) is 2.56. The molecule has 0 radical (unpaired) electrons. The quantitative estimate of drug-likeness (QED) is 0.693. The van der Waals surface area contributed by atoms with Crippen molar-refractivity contribution in [3.63, 3.8) is 0 Å². The van der Waals surface area contributed by atoms with Gasteiger partial charge in [0.05, 0.1) is 0 Å². The summed E-state index contributed by atoms with van der Waals surface area (Å²) >= 11 is 0. The Morgan fingerprint density at radius 2 is 1.32 bits per heavy atom. The summed E-state index contributed by atoms with van der Waals surface area (Å²) in [4.78, 5) is 0. The summed E-state index contributed by atoms with van der Waals surface area (Å²) in [6, 6.07) is 22.7. The molecule has 1 unspecified atom stereocenters. The molecular weight excluding hydrogens is 272 g/mol. The van der Waals surface area contributed by atoms with Gasteiger partial charge < -0.3 is 10.2 Å². The second-order valence-electron chi connectivity index (χ2n) is 5.41. The molecule has 22 heavy (non-hydrogen) atoms. The lowest BCUT2D eigenvalue weighted by Gasteiger charge is -2.22. The minimum Gasteiger partial charge on any atom is -0.508 e. The minimum absolute atomic E-state index is 0.205. The van der Waals surface area contributed by atoms with Crippen LogP contribution in [0.5, 0.6) is 11.5 Å². The van der Waals surface area contributed by atoms with Crippen molar-refractivity contribution in [1.29, 1.82) is 0 Å². The van der Waals surface area contributed by atoms with E-state index < -0.39 is 0 Å². The maximum absolute atomic E-state index is 10.4. The van der Waals surface area contributed by atoms with Crippen LogP contribution in [0, 0.1) is 6.92 Å². The Morgan fingerprint density at radius 3 is 2.00 bits per heavy atom. The Bertz CT molecular complexity index is 758. The average Bonchev–Trinajstić information content (AvgIpc) is 2.53. The Morgan fingerprint density at radius 1 is 0.682 bits per heavy atom. The van der Waals surface area contributed by atoms with Gasteiger partial charge in [0.1, 0.15) is 11.5 Å². The molecule has 0 saturated carbocycles. The highest BCUT2D eigenvalue weighted by Gasteiger charge is 2.23. The predicted octanol–water partition coefficient (Wildman–Crippen LogP) is 4.59. The van der Waals surface area contributed by atoms with E-state index in [1.807, 2.05) is 61.5 Å². The number of hydrogen-bond donors (Lipinski definition) is 2. The Balaban J connectivity index is 2.27. The highest BCUT2D eigenvalue weighted by Crippen LogP contribution is 2.41. The first-order valence-corrected chi connectivity index (χ1v) is 7.30. The highest BCUT2D eigenvalue weighted by molar-refractivity contribution is 5.54. The van der Waals surface area contributed by atoms with Crippen molar-refractivity contribution in [1.82, 2.24) is 0 Å². The van der Waals surface area contributed by atoms with Crippen LogP contribution < -0.4 is 0 Å². The molecule has 0 heterocycles. The number of phenolic OH excluding ortho intramolecular Hbond substituents is 2. The van der Waals surface area contributed by atoms with Crippen molar-refractivity contribution in [2.24, 2.45) is 0 Å². The molecule has 110 valence electrons. The van der Waals surface area contributed by atoms with Crippen LogP contribution in [0.4, 0.5) is 0 Å². The summed E-state index contributed by atoms with van der Waals surface area (Å²) in [5.74, 6) is 0.278. The van der Waals surface area contributed by atoms with Crippen molar-refractivity contribution >= 4 is 0 Å². The van der Waals surface area contributed by atoms with Gasteiger partial charge in [0.25, 0.3) is 0 Å². The second-order valence-corrected chi connectivity index (χ2v) is 5.41. The highest BCUT2D eigenvalue weighted by atomic mass is 16.3. The maximum Gasteiger partial charge on any atom is 0.119 e. The van der Waals surface area contributed by atoms with Gasteiger partial charge >= 0.3 is 0 Å². The molecule has 0 aliphatic rings. The van der Waals surface area contributed by atoms with Gasteiger partial charge in [-0.25, -0.2) is 0 Å². The molecule has 0 bridgehead atoms. The molecule has 2 nitrogen and oxygen atoms in total. The lowest BCUT2D eigenvalue weighted by Crippen LogP contribution is -2.06. The fraction of sp³-hybridized carbons (Fsp3) is 0.100. The summed E-state index contributed by atoms with van der Waals surface area (Å²) < 4.78 is 0. The maximum atomic E-state index is 10.4. The third-order valence-corrected chi connectivity index (χ3v) is 3.97. The monoisotopic (exact) mass is 290 g/mol. The predicted molar refractivity (Wildman–Crippen MR) is 88.3 cm³/mol. The van der Waals surface area contributed by atoms with Gasteiger partial charge in [-0.1, -0.05) is 60.7 Å². The Labute approximate surface area is 130 Å². The molecule has 2 N–H and O–H groups in total. The summed E-state index contributed by atoms with van der Waals surface area (Å²) in [6.07, 6.45) is 0. The van der Waals surface area contributed by atoms with E-state index in [1.54, 1.807) is 18.2 Å². The molecule has 0 spiro atoms. The van der Waals surface area contributed by atoms with Crippen molar-refractivity contribution in [3.8, 4) is 11.5 Å². The summed E-state index contributed by atoms with van der Waals surface area (Å²) in [5, 5.41) is 20.7. The molecule has 0 aromatic heterocycles.